The molecule has 88 valence electrons. The largest absolute Gasteiger partial charge is 0.356 e. The molecule has 16 heavy (non-hydrogen) atoms. The van der Waals surface area contributed by atoms with Gasteiger partial charge < -0.3 is 10.6 Å². The lowest BCUT2D eigenvalue weighted by Crippen LogP contribution is -2.36. The summed E-state index contributed by atoms with van der Waals surface area (Å²) in [7, 11) is 0. The summed E-state index contributed by atoms with van der Waals surface area (Å²) in [6.45, 7) is 2.91. The molecule has 1 aromatic heterocycles. The Morgan fingerprint density at radius 1 is 1.38 bits per heavy atom. The summed E-state index contributed by atoms with van der Waals surface area (Å²) in [4.78, 5) is 6.78. The smallest absolute Gasteiger partial charge is 0.142 e. The molecule has 3 nitrogen and oxygen atoms in total. The van der Waals surface area contributed by atoms with Gasteiger partial charge in [-0.2, -0.15) is 0 Å². The number of piperidine rings is 1. The molecule has 0 unspecified atom stereocenters. The molecule has 0 radical (unpaired) electrons. The summed E-state index contributed by atoms with van der Waals surface area (Å²) in [5, 5.41) is 0. The zero-order valence-corrected chi connectivity index (χ0v) is 12.2. The Hall–Kier alpha value is -0.130. The zero-order valence-electron chi connectivity index (χ0n) is 9.00. The van der Waals surface area contributed by atoms with Gasteiger partial charge in [-0.3, -0.25) is 0 Å². The summed E-state index contributed by atoms with van der Waals surface area (Å²) in [6, 6.07) is 2.04. The van der Waals surface area contributed by atoms with Crippen LogP contribution in [-0.4, -0.2) is 24.6 Å². The third-order valence-corrected chi connectivity index (χ3v) is 4.05. The Morgan fingerprint density at radius 2 is 2.06 bits per heavy atom. The number of rotatable bonds is 2. The fraction of sp³-hybridized carbons (Fsp3) is 0.545. The van der Waals surface area contributed by atoms with E-state index in [-0.39, 0.29) is 0 Å². The van der Waals surface area contributed by atoms with E-state index >= 15 is 0 Å². The standard InChI is InChI=1S/C11H15Br2N3/c12-9-5-10(13)11(15-7-9)16-3-1-8(6-14)2-4-16/h5,7-8H,1-4,6,14H2. The van der Waals surface area contributed by atoms with Crippen LogP contribution in [0.15, 0.2) is 21.2 Å². The van der Waals surface area contributed by atoms with Crippen LogP contribution in [0.1, 0.15) is 12.8 Å². The summed E-state index contributed by atoms with van der Waals surface area (Å²) < 4.78 is 2.05. The number of hydrogen-bond acceptors (Lipinski definition) is 3. The van der Waals surface area contributed by atoms with Crippen molar-refractivity contribution in [1.29, 1.82) is 0 Å². The van der Waals surface area contributed by atoms with E-state index in [1.54, 1.807) is 0 Å². The Kier molecular flexibility index (Phi) is 4.21. The Labute approximate surface area is 113 Å². The molecule has 1 saturated heterocycles. The SMILES string of the molecule is NCC1CCN(c2ncc(Br)cc2Br)CC1. The first-order chi connectivity index (χ1) is 7.70. The highest BCUT2D eigenvalue weighted by molar-refractivity contribution is 9.11. The molecule has 2 N–H and O–H groups in total. The summed E-state index contributed by atoms with van der Waals surface area (Å²) in [6.07, 6.45) is 4.18. The lowest BCUT2D eigenvalue weighted by atomic mass is 9.97. The minimum Gasteiger partial charge on any atom is -0.356 e. The zero-order chi connectivity index (χ0) is 11.5. The first kappa shape index (κ1) is 12.3. The molecular weight excluding hydrogens is 334 g/mol. The number of nitrogens with zero attached hydrogens (tertiary/aromatic N) is 2. The maximum atomic E-state index is 5.69. The molecule has 1 aromatic rings. The molecule has 0 bridgehead atoms. The molecule has 1 fully saturated rings. The number of hydrogen-bond donors (Lipinski definition) is 1. The third kappa shape index (κ3) is 2.76. The molecular formula is C11H15Br2N3. The van der Waals surface area contributed by atoms with E-state index < -0.39 is 0 Å². The molecule has 0 amide bonds. The number of pyridine rings is 1. The van der Waals surface area contributed by atoms with Crippen LogP contribution in [0.25, 0.3) is 0 Å². The highest BCUT2D eigenvalue weighted by Gasteiger charge is 2.20. The molecule has 0 spiro atoms. The van der Waals surface area contributed by atoms with Crippen LogP contribution in [0, 0.1) is 5.92 Å². The van der Waals surface area contributed by atoms with Crippen LogP contribution in [0.2, 0.25) is 0 Å². The van der Waals surface area contributed by atoms with Crippen molar-refractivity contribution < 1.29 is 0 Å². The first-order valence-corrected chi connectivity index (χ1v) is 7.05. The van der Waals surface area contributed by atoms with Gasteiger partial charge in [0.15, 0.2) is 0 Å². The van der Waals surface area contributed by atoms with Gasteiger partial charge in [0.25, 0.3) is 0 Å². The van der Waals surface area contributed by atoms with Crippen molar-refractivity contribution >= 4 is 37.7 Å². The van der Waals surface area contributed by atoms with Gasteiger partial charge in [-0.05, 0) is 63.2 Å². The van der Waals surface area contributed by atoms with Gasteiger partial charge in [-0.25, -0.2) is 4.98 Å². The highest BCUT2D eigenvalue weighted by atomic mass is 79.9. The van der Waals surface area contributed by atoms with Crippen LogP contribution in [-0.2, 0) is 0 Å². The van der Waals surface area contributed by atoms with Crippen LogP contribution in [0.5, 0.6) is 0 Å². The van der Waals surface area contributed by atoms with E-state index in [4.69, 9.17) is 5.73 Å². The van der Waals surface area contributed by atoms with Gasteiger partial charge in [-0.15, -0.1) is 0 Å². The minimum atomic E-state index is 0.686. The third-order valence-electron chi connectivity index (χ3n) is 3.04. The van der Waals surface area contributed by atoms with Crippen molar-refractivity contribution in [2.24, 2.45) is 11.7 Å². The van der Waals surface area contributed by atoms with Gasteiger partial charge in [-0.1, -0.05) is 0 Å². The minimum absolute atomic E-state index is 0.686. The van der Waals surface area contributed by atoms with Crippen molar-refractivity contribution in [3.63, 3.8) is 0 Å². The maximum absolute atomic E-state index is 5.69. The molecule has 0 aliphatic carbocycles. The predicted molar refractivity (Wildman–Crippen MR) is 73.6 cm³/mol. The van der Waals surface area contributed by atoms with E-state index in [1.165, 1.54) is 12.8 Å². The normalized spacial score (nSPS) is 17.8. The summed E-state index contributed by atoms with van der Waals surface area (Å²) >= 11 is 6.97. The maximum Gasteiger partial charge on any atom is 0.142 e. The second kappa shape index (κ2) is 5.47. The second-order valence-corrected chi connectivity index (χ2v) is 5.90. The van der Waals surface area contributed by atoms with E-state index in [0.29, 0.717) is 5.92 Å². The highest BCUT2D eigenvalue weighted by Crippen LogP contribution is 2.29. The fourth-order valence-corrected chi connectivity index (χ4v) is 3.26. The predicted octanol–water partition coefficient (Wildman–Crippen LogP) is 2.78. The van der Waals surface area contributed by atoms with E-state index in [1.807, 2.05) is 12.3 Å². The summed E-state index contributed by atoms with van der Waals surface area (Å²) in [5.41, 5.74) is 5.69. The number of nitrogens with two attached hydrogens (primary N) is 1. The van der Waals surface area contributed by atoms with Gasteiger partial charge in [0.1, 0.15) is 5.82 Å². The van der Waals surface area contributed by atoms with Crippen molar-refractivity contribution in [2.75, 3.05) is 24.5 Å². The Balaban J connectivity index is 2.08. The van der Waals surface area contributed by atoms with E-state index in [2.05, 4.69) is 41.7 Å². The molecule has 5 heteroatoms. The van der Waals surface area contributed by atoms with Gasteiger partial charge in [0, 0.05) is 23.8 Å². The summed E-state index contributed by atoms with van der Waals surface area (Å²) in [5.74, 6) is 1.73. The van der Waals surface area contributed by atoms with Crippen molar-refractivity contribution in [1.82, 2.24) is 4.98 Å². The van der Waals surface area contributed by atoms with Crippen LogP contribution >= 0.6 is 31.9 Å². The number of aromatic nitrogens is 1. The van der Waals surface area contributed by atoms with Crippen molar-refractivity contribution in [2.45, 2.75) is 12.8 Å². The van der Waals surface area contributed by atoms with Gasteiger partial charge >= 0.3 is 0 Å². The fourth-order valence-electron chi connectivity index (χ4n) is 2.02. The molecule has 1 aliphatic rings. The number of anilines is 1. The number of halogens is 2. The molecule has 2 heterocycles. The van der Waals surface area contributed by atoms with Crippen LogP contribution in [0.3, 0.4) is 0 Å². The van der Waals surface area contributed by atoms with Crippen LogP contribution < -0.4 is 10.6 Å². The lowest BCUT2D eigenvalue weighted by molar-refractivity contribution is 0.413. The molecule has 1 aliphatic heterocycles. The molecule has 0 saturated carbocycles. The van der Waals surface area contributed by atoms with Gasteiger partial charge in [0.2, 0.25) is 0 Å². The average molecular weight is 349 g/mol. The van der Waals surface area contributed by atoms with Crippen molar-refractivity contribution in [3.05, 3.63) is 21.2 Å². The Morgan fingerprint density at radius 3 is 2.62 bits per heavy atom. The van der Waals surface area contributed by atoms with Crippen LogP contribution in [0.4, 0.5) is 5.82 Å². The topological polar surface area (TPSA) is 42.1 Å². The molecule has 0 aromatic carbocycles. The van der Waals surface area contributed by atoms with E-state index in [9.17, 15) is 0 Å². The van der Waals surface area contributed by atoms with Crippen molar-refractivity contribution in [3.8, 4) is 0 Å². The first-order valence-electron chi connectivity index (χ1n) is 5.46. The lowest BCUT2D eigenvalue weighted by Gasteiger charge is -2.32. The van der Waals surface area contributed by atoms with E-state index in [0.717, 1.165) is 34.4 Å². The quantitative estimate of drug-likeness (QED) is 0.893. The molecule has 0 atom stereocenters. The second-order valence-electron chi connectivity index (χ2n) is 4.13. The molecule has 2 rings (SSSR count). The van der Waals surface area contributed by atoms with Gasteiger partial charge in [0.05, 0.1) is 4.47 Å². The average Bonchev–Trinajstić information content (AvgIpc) is 2.29. The monoisotopic (exact) mass is 347 g/mol. The Bertz CT molecular complexity index is 362.